The number of hydrogen-bond acceptors (Lipinski definition) is 2. The first kappa shape index (κ1) is 12.7. The SMILES string of the molecule is O=C(O)C1CCCN(Cc2ccc(C3CC3)cc2)C1. The van der Waals surface area contributed by atoms with Crippen LogP contribution in [0.25, 0.3) is 0 Å². The van der Waals surface area contributed by atoms with Gasteiger partial charge in [0.1, 0.15) is 0 Å². The van der Waals surface area contributed by atoms with Crippen LogP contribution >= 0.6 is 0 Å². The summed E-state index contributed by atoms with van der Waals surface area (Å²) in [6.07, 6.45) is 4.50. The molecule has 1 unspecified atom stereocenters. The van der Waals surface area contributed by atoms with Gasteiger partial charge < -0.3 is 5.11 Å². The van der Waals surface area contributed by atoms with Crippen molar-refractivity contribution in [2.45, 2.75) is 38.1 Å². The molecule has 1 saturated carbocycles. The third-order valence-electron chi connectivity index (χ3n) is 4.29. The van der Waals surface area contributed by atoms with E-state index in [4.69, 9.17) is 5.11 Å². The van der Waals surface area contributed by atoms with E-state index in [0.29, 0.717) is 6.54 Å². The fourth-order valence-corrected chi connectivity index (χ4v) is 2.97. The topological polar surface area (TPSA) is 40.5 Å². The Labute approximate surface area is 114 Å². The number of nitrogens with zero attached hydrogens (tertiary/aromatic N) is 1. The quantitative estimate of drug-likeness (QED) is 0.904. The predicted molar refractivity (Wildman–Crippen MR) is 74.1 cm³/mol. The number of carboxylic acid groups (broad SMARTS) is 1. The minimum atomic E-state index is -0.645. The largest absolute Gasteiger partial charge is 0.481 e. The Hall–Kier alpha value is -1.35. The Bertz CT molecular complexity index is 450. The van der Waals surface area contributed by atoms with Gasteiger partial charge in [0.15, 0.2) is 0 Å². The average Bonchev–Trinajstić information content (AvgIpc) is 3.24. The van der Waals surface area contributed by atoms with E-state index in [2.05, 4.69) is 29.2 Å². The summed E-state index contributed by atoms with van der Waals surface area (Å²) < 4.78 is 0. The predicted octanol–water partition coefficient (Wildman–Crippen LogP) is 2.86. The standard InChI is InChI=1S/C16H21NO2/c18-16(19)15-2-1-9-17(11-15)10-12-3-5-13(6-4-12)14-7-8-14/h3-6,14-15H,1-2,7-11H2,(H,18,19). The van der Waals surface area contributed by atoms with Crippen LogP contribution in [0.1, 0.15) is 42.7 Å². The molecule has 0 amide bonds. The van der Waals surface area contributed by atoms with Crippen LogP contribution in [0.15, 0.2) is 24.3 Å². The number of carboxylic acids is 1. The molecule has 1 heterocycles. The first-order valence-corrected chi connectivity index (χ1v) is 7.26. The van der Waals surface area contributed by atoms with E-state index in [1.54, 1.807) is 0 Å². The van der Waals surface area contributed by atoms with Crippen molar-refractivity contribution in [2.75, 3.05) is 13.1 Å². The highest BCUT2D eigenvalue weighted by Gasteiger charge is 2.26. The van der Waals surface area contributed by atoms with Crippen LogP contribution in [0.5, 0.6) is 0 Å². The van der Waals surface area contributed by atoms with Gasteiger partial charge in [0.25, 0.3) is 0 Å². The molecule has 3 nitrogen and oxygen atoms in total. The molecule has 3 rings (SSSR count). The van der Waals surface area contributed by atoms with Crippen LogP contribution < -0.4 is 0 Å². The Morgan fingerprint density at radius 1 is 1.21 bits per heavy atom. The second kappa shape index (κ2) is 5.33. The number of aliphatic carboxylic acids is 1. The van der Waals surface area contributed by atoms with Crippen molar-refractivity contribution in [3.63, 3.8) is 0 Å². The molecular weight excluding hydrogens is 238 g/mol. The van der Waals surface area contributed by atoms with Gasteiger partial charge >= 0.3 is 5.97 Å². The highest BCUT2D eigenvalue weighted by molar-refractivity contribution is 5.70. The number of likely N-dealkylation sites (tertiary alicyclic amines) is 1. The lowest BCUT2D eigenvalue weighted by Gasteiger charge is -2.30. The number of rotatable bonds is 4. The molecule has 1 aromatic rings. The number of carbonyl (C=O) groups is 1. The summed E-state index contributed by atoms with van der Waals surface area (Å²) in [5.41, 5.74) is 2.77. The van der Waals surface area contributed by atoms with Gasteiger partial charge in [-0.15, -0.1) is 0 Å². The van der Waals surface area contributed by atoms with Crippen LogP contribution in [-0.4, -0.2) is 29.1 Å². The minimum Gasteiger partial charge on any atom is -0.481 e. The summed E-state index contributed by atoms with van der Waals surface area (Å²) in [7, 11) is 0. The summed E-state index contributed by atoms with van der Waals surface area (Å²) >= 11 is 0. The zero-order valence-corrected chi connectivity index (χ0v) is 11.2. The van der Waals surface area contributed by atoms with Gasteiger partial charge in [-0.2, -0.15) is 0 Å². The van der Waals surface area contributed by atoms with Crippen molar-refractivity contribution in [2.24, 2.45) is 5.92 Å². The molecular formula is C16H21NO2. The molecule has 0 radical (unpaired) electrons. The minimum absolute atomic E-state index is 0.181. The number of benzene rings is 1. The number of hydrogen-bond donors (Lipinski definition) is 1. The van der Waals surface area contributed by atoms with E-state index < -0.39 is 5.97 Å². The van der Waals surface area contributed by atoms with E-state index >= 15 is 0 Å². The molecule has 0 spiro atoms. The molecule has 1 aromatic carbocycles. The average molecular weight is 259 g/mol. The molecule has 1 N–H and O–H groups in total. The number of piperidine rings is 1. The van der Waals surface area contributed by atoms with E-state index in [-0.39, 0.29) is 5.92 Å². The lowest BCUT2D eigenvalue weighted by molar-refractivity contribution is -0.143. The smallest absolute Gasteiger partial charge is 0.307 e. The molecule has 1 atom stereocenters. The van der Waals surface area contributed by atoms with Crippen molar-refractivity contribution in [1.82, 2.24) is 4.90 Å². The first-order valence-electron chi connectivity index (χ1n) is 7.26. The van der Waals surface area contributed by atoms with Crippen LogP contribution in [0.4, 0.5) is 0 Å². The van der Waals surface area contributed by atoms with Gasteiger partial charge in [-0.1, -0.05) is 24.3 Å². The molecule has 2 aliphatic rings. The summed E-state index contributed by atoms with van der Waals surface area (Å²) in [4.78, 5) is 13.3. The first-order chi connectivity index (χ1) is 9.22. The molecule has 1 aliphatic heterocycles. The Kier molecular flexibility index (Phi) is 3.56. The maximum Gasteiger partial charge on any atom is 0.307 e. The normalized spacial score (nSPS) is 24.3. The molecule has 0 bridgehead atoms. The monoisotopic (exact) mass is 259 g/mol. The maximum absolute atomic E-state index is 11.1. The summed E-state index contributed by atoms with van der Waals surface area (Å²) in [6.45, 7) is 2.60. The van der Waals surface area contributed by atoms with Gasteiger partial charge in [-0.3, -0.25) is 9.69 Å². The second-order valence-corrected chi connectivity index (χ2v) is 5.93. The third-order valence-corrected chi connectivity index (χ3v) is 4.29. The van der Waals surface area contributed by atoms with Crippen molar-refractivity contribution in [3.8, 4) is 0 Å². The summed E-state index contributed by atoms with van der Waals surface area (Å²) in [5, 5.41) is 9.10. The van der Waals surface area contributed by atoms with Gasteiger partial charge in [-0.05, 0) is 49.3 Å². The van der Waals surface area contributed by atoms with Crippen LogP contribution in [-0.2, 0) is 11.3 Å². The van der Waals surface area contributed by atoms with Crippen molar-refractivity contribution in [3.05, 3.63) is 35.4 Å². The molecule has 0 aromatic heterocycles. The second-order valence-electron chi connectivity index (χ2n) is 5.93. The van der Waals surface area contributed by atoms with Crippen LogP contribution in [0.3, 0.4) is 0 Å². The van der Waals surface area contributed by atoms with Gasteiger partial charge in [-0.25, -0.2) is 0 Å². The van der Waals surface area contributed by atoms with E-state index in [9.17, 15) is 4.79 Å². The zero-order valence-electron chi connectivity index (χ0n) is 11.2. The zero-order chi connectivity index (χ0) is 13.2. The fourth-order valence-electron chi connectivity index (χ4n) is 2.97. The van der Waals surface area contributed by atoms with Crippen molar-refractivity contribution < 1.29 is 9.90 Å². The van der Waals surface area contributed by atoms with Gasteiger partial charge in [0.05, 0.1) is 5.92 Å². The fraction of sp³-hybridized carbons (Fsp3) is 0.562. The third kappa shape index (κ3) is 3.16. The van der Waals surface area contributed by atoms with E-state index in [0.717, 1.165) is 31.8 Å². The van der Waals surface area contributed by atoms with Crippen LogP contribution in [0.2, 0.25) is 0 Å². The molecule has 19 heavy (non-hydrogen) atoms. The highest BCUT2D eigenvalue weighted by atomic mass is 16.4. The van der Waals surface area contributed by atoms with E-state index in [1.165, 1.54) is 24.0 Å². The molecule has 102 valence electrons. The van der Waals surface area contributed by atoms with Crippen molar-refractivity contribution in [1.29, 1.82) is 0 Å². The van der Waals surface area contributed by atoms with E-state index in [1.807, 2.05) is 0 Å². The molecule has 1 saturated heterocycles. The summed E-state index contributed by atoms with van der Waals surface area (Å²) in [5.74, 6) is -0.0197. The Morgan fingerprint density at radius 3 is 2.58 bits per heavy atom. The maximum atomic E-state index is 11.1. The lowest BCUT2D eigenvalue weighted by Crippen LogP contribution is -2.38. The molecule has 3 heteroatoms. The van der Waals surface area contributed by atoms with Crippen LogP contribution in [0, 0.1) is 5.92 Å². The van der Waals surface area contributed by atoms with Gasteiger partial charge in [0.2, 0.25) is 0 Å². The Morgan fingerprint density at radius 2 is 1.95 bits per heavy atom. The lowest BCUT2D eigenvalue weighted by atomic mass is 9.97. The Balaban J connectivity index is 1.59. The van der Waals surface area contributed by atoms with Crippen molar-refractivity contribution >= 4 is 5.97 Å². The highest BCUT2D eigenvalue weighted by Crippen LogP contribution is 2.39. The molecule has 1 aliphatic carbocycles. The van der Waals surface area contributed by atoms with Gasteiger partial charge in [0, 0.05) is 13.1 Å². The summed E-state index contributed by atoms with van der Waals surface area (Å²) in [6, 6.07) is 8.90. The molecule has 2 fully saturated rings.